The highest BCUT2D eigenvalue weighted by Gasteiger charge is 2.25. The Kier molecular flexibility index (Phi) is 11.1. The fourth-order valence-electron chi connectivity index (χ4n) is 4.53. The zero-order valence-corrected chi connectivity index (χ0v) is 21.2. The Balaban J connectivity index is 0.00000320. The Morgan fingerprint density at radius 1 is 1.17 bits per heavy atom. The number of hydrogen-bond donors (Lipinski definition) is 2. The van der Waals surface area contributed by atoms with Gasteiger partial charge >= 0.3 is 0 Å². The average Bonchev–Trinajstić information content (AvgIpc) is 3.21. The van der Waals surface area contributed by atoms with Crippen LogP contribution in [-0.2, 0) is 0 Å². The summed E-state index contributed by atoms with van der Waals surface area (Å²) in [6.07, 6.45) is 6.30. The van der Waals surface area contributed by atoms with Crippen LogP contribution >= 0.6 is 24.0 Å². The summed E-state index contributed by atoms with van der Waals surface area (Å²) in [7, 11) is 3.60. The molecule has 1 aromatic carbocycles. The van der Waals surface area contributed by atoms with E-state index >= 15 is 0 Å². The molecule has 1 aromatic rings. The first kappa shape index (κ1) is 25.0. The number of ether oxygens (including phenoxy) is 1. The van der Waals surface area contributed by atoms with E-state index in [-0.39, 0.29) is 24.0 Å². The van der Waals surface area contributed by atoms with Crippen molar-refractivity contribution in [2.75, 3.05) is 58.3 Å². The van der Waals surface area contributed by atoms with Crippen LogP contribution in [0.15, 0.2) is 29.3 Å². The highest BCUT2D eigenvalue weighted by molar-refractivity contribution is 14.0. The van der Waals surface area contributed by atoms with Gasteiger partial charge in [-0.15, -0.1) is 24.0 Å². The van der Waals surface area contributed by atoms with Gasteiger partial charge in [-0.05, 0) is 63.2 Å². The molecule has 2 heterocycles. The first-order chi connectivity index (χ1) is 14.2. The highest BCUT2D eigenvalue weighted by Crippen LogP contribution is 2.30. The standard InChI is InChI=1S/C23H39N5O.HI/c1-19-9-8-15-27(17-19)14-7-6-13-25-23(24-2)26-20-12-16-28(18-20)21-10-4-5-11-22(21)29-3;/h4-5,10-11,19-20H,6-9,12-18H2,1-3H3,(H2,24,25,26);1H. The summed E-state index contributed by atoms with van der Waals surface area (Å²) in [5, 5.41) is 7.09. The van der Waals surface area contributed by atoms with E-state index in [0.717, 1.165) is 43.7 Å². The molecule has 2 N–H and O–H groups in total. The Morgan fingerprint density at radius 3 is 2.77 bits per heavy atom. The maximum absolute atomic E-state index is 5.52. The van der Waals surface area contributed by atoms with Crippen LogP contribution in [0.5, 0.6) is 5.75 Å². The largest absolute Gasteiger partial charge is 0.495 e. The van der Waals surface area contributed by atoms with Gasteiger partial charge in [0.05, 0.1) is 12.8 Å². The van der Waals surface area contributed by atoms with Crippen LogP contribution in [0, 0.1) is 5.92 Å². The third-order valence-corrected chi connectivity index (χ3v) is 6.11. The number of anilines is 1. The van der Waals surface area contributed by atoms with E-state index in [0.29, 0.717) is 6.04 Å². The van der Waals surface area contributed by atoms with Crippen LogP contribution in [0.25, 0.3) is 0 Å². The predicted octanol–water partition coefficient (Wildman–Crippen LogP) is 3.57. The second kappa shape index (κ2) is 13.2. The summed E-state index contributed by atoms with van der Waals surface area (Å²) >= 11 is 0. The second-order valence-electron chi connectivity index (χ2n) is 8.50. The molecule has 0 saturated carbocycles. The van der Waals surface area contributed by atoms with E-state index in [9.17, 15) is 0 Å². The number of piperidine rings is 1. The van der Waals surface area contributed by atoms with Crippen LogP contribution in [0.4, 0.5) is 5.69 Å². The van der Waals surface area contributed by atoms with Gasteiger partial charge in [0.25, 0.3) is 0 Å². The third kappa shape index (κ3) is 7.48. The van der Waals surface area contributed by atoms with Gasteiger partial charge in [-0.3, -0.25) is 4.99 Å². The lowest BCUT2D eigenvalue weighted by atomic mass is 10.0. The van der Waals surface area contributed by atoms with Crippen molar-refractivity contribution in [3.8, 4) is 5.75 Å². The first-order valence-electron chi connectivity index (χ1n) is 11.3. The molecule has 6 nitrogen and oxygen atoms in total. The van der Waals surface area contributed by atoms with Gasteiger partial charge in [0, 0.05) is 39.3 Å². The van der Waals surface area contributed by atoms with Crippen LogP contribution in [0.3, 0.4) is 0 Å². The summed E-state index contributed by atoms with van der Waals surface area (Å²) < 4.78 is 5.52. The second-order valence-corrected chi connectivity index (χ2v) is 8.50. The number of guanidine groups is 1. The van der Waals surface area contributed by atoms with Crippen molar-refractivity contribution in [2.24, 2.45) is 10.9 Å². The lowest BCUT2D eigenvalue weighted by Gasteiger charge is -2.30. The van der Waals surface area contributed by atoms with E-state index in [1.165, 1.54) is 51.0 Å². The molecule has 0 bridgehead atoms. The molecule has 3 rings (SSSR count). The van der Waals surface area contributed by atoms with Gasteiger partial charge in [-0.25, -0.2) is 0 Å². The van der Waals surface area contributed by atoms with Crippen molar-refractivity contribution in [3.63, 3.8) is 0 Å². The van der Waals surface area contributed by atoms with Gasteiger partial charge in [0.1, 0.15) is 5.75 Å². The van der Waals surface area contributed by atoms with Gasteiger partial charge < -0.3 is 25.2 Å². The van der Waals surface area contributed by atoms with Crippen molar-refractivity contribution >= 4 is 35.6 Å². The van der Waals surface area contributed by atoms with Gasteiger partial charge in [-0.1, -0.05) is 19.1 Å². The van der Waals surface area contributed by atoms with Crippen molar-refractivity contribution in [1.82, 2.24) is 15.5 Å². The monoisotopic (exact) mass is 529 g/mol. The minimum atomic E-state index is 0. The number of hydrogen-bond acceptors (Lipinski definition) is 4. The fraction of sp³-hybridized carbons (Fsp3) is 0.696. The number of nitrogens with zero attached hydrogens (tertiary/aromatic N) is 3. The van der Waals surface area contributed by atoms with Crippen LogP contribution in [0.2, 0.25) is 0 Å². The lowest BCUT2D eigenvalue weighted by molar-refractivity contribution is 0.181. The van der Waals surface area contributed by atoms with Crippen molar-refractivity contribution < 1.29 is 4.74 Å². The van der Waals surface area contributed by atoms with E-state index in [2.05, 4.69) is 44.5 Å². The maximum atomic E-state index is 5.52. The molecule has 2 atom stereocenters. The molecule has 2 fully saturated rings. The molecule has 2 aliphatic rings. The third-order valence-electron chi connectivity index (χ3n) is 6.11. The van der Waals surface area contributed by atoms with E-state index in [1.54, 1.807) is 7.11 Å². The molecule has 0 aromatic heterocycles. The first-order valence-corrected chi connectivity index (χ1v) is 11.3. The smallest absolute Gasteiger partial charge is 0.191 e. The van der Waals surface area contributed by atoms with Crippen molar-refractivity contribution in [1.29, 1.82) is 0 Å². The Bertz CT molecular complexity index is 656. The van der Waals surface area contributed by atoms with E-state index in [1.807, 2.05) is 19.2 Å². The van der Waals surface area contributed by atoms with Crippen LogP contribution < -0.4 is 20.3 Å². The number of rotatable bonds is 8. The minimum Gasteiger partial charge on any atom is -0.495 e. The highest BCUT2D eigenvalue weighted by atomic mass is 127. The number of benzene rings is 1. The normalized spacial score (nSPS) is 22.5. The quantitative estimate of drug-likeness (QED) is 0.234. The Hall–Kier alpha value is -1.22. The molecule has 7 heteroatoms. The molecule has 0 radical (unpaired) electrons. The Labute approximate surface area is 199 Å². The molecule has 0 spiro atoms. The van der Waals surface area contributed by atoms with Gasteiger partial charge in [-0.2, -0.15) is 0 Å². The summed E-state index contributed by atoms with van der Waals surface area (Å²) in [5.74, 6) is 2.73. The number of nitrogens with one attached hydrogen (secondary N) is 2. The maximum Gasteiger partial charge on any atom is 0.191 e. The Morgan fingerprint density at radius 2 is 2.00 bits per heavy atom. The molecule has 0 amide bonds. The fourth-order valence-corrected chi connectivity index (χ4v) is 4.53. The number of aliphatic imine (C=N–C) groups is 1. The molecular weight excluding hydrogens is 489 g/mol. The predicted molar refractivity (Wildman–Crippen MR) is 138 cm³/mol. The molecule has 0 aliphatic carbocycles. The molecule has 170 valence electrons. The van der Waals surface area contributed by atoms with Crippen LogP contribution in [0.1, 0.15) is 39.0 Å². The number of methoxy groups -OCH3 is 1. The summed E-state index contributed by atoms with van der Waals surface area (Å²) in [4.78, 5) is 9.44. The number of unbranched alkanes of at least 4 members (excludes halogenated alkanes) is 1. The van der Waals surface area contributed by atoms with Crippen LogP contribution in [-0.4, -0.2) is 70.3 Å². The zero-order valence-electron chi connectivity index (χ0n) is 18.9. The zero-order chi connectivity index (χ0) is 20.5. The molecule has 2 saturated heterocycles. The molecule has 2 unspecified atom stereocenters. The van der Waals surface area contributed by atoms with E-state index < -0.39 is 0 Å². The SMILES string of the molecule is CN=C(NCCCCN1CCCC(C)C1)NC1CCN(c2ccccc2OC)C1.I. The van der Waals surface area contributed by atoms with Crippen molar-refractivity contribution in [2.45, 2.75) is 45.1 Å². The summed E-state index contributed by atoms with van der Waals surface area (Å²) in [6.45, 7) is 9.14. The van der Waals surface area contributed by atoms with Gasteiger partial charge in [0.2, 0.25) is 0 Å². The lowest BCUT2D eigenvalue weighted by Crippen LogP contribution is -2.45. The number of likely N-dealkylation sites (tertiary alicyclic amines) is 1. The average molecular weight is 530 g/mol. The number of para-hydroxylation sites is 2. The summed E-state index contributed by atoms with van der Waals surface area (Å²) in [5.41, 5.74) is 1.18. The molecular formula is C23H40IN5O. The minimum absolute atomic E-state index is 0. The topological polar surface area (TPSA) is 52.1 Å². The van der Waals surface area contributed by atoms with Crippen molar-refractivity contribution in [3.05, 3.63) is 24.3 Å². The van der Waals surface area contributed by atoms with E-state index in [4.69, 9.17) is 4.74 Å². The molecule has 30 heavy (non-hydrogen) atoms. The summed E-state index contributed by atoms with van der Waals surface area (Å²) in [6, 6.07) is 8.66. The number of halogens is 1. The molecule has 2 aliphatic heterocycles. The van der Waals surface area contributed by atoms with Gasteiger partial charge in [0.15, 0.2) is 5.96 Å².